The fourth-order valence-electron chi connectivity index (χ4n) is 5.37. The number of aliphatic hydroxyl groups is 1. The van der Waals surface area contributed by atoms with Gasteiger partial charge in [0.25, 0.3) is 0 Å². The molecule has 0 aliphatic carbocycles. The Bertz CT molecular complexity index is 1030. The van der Waals surface area contributed by atoms with Crippen molar-refractivity contribution in [2.45, 2.75) is 109 Å². The normalized spacial score (nSPS) is 22.6. The van der Waals surface area contributed by atoms with Crippen molar-refractivity contribution in [2.75, 3.05) is 25.1 Å². The molecule has 14 nitrogen and oxygen atoms in total. The highest BCUT2D eigenvalue weighted by Gasteiger charge is 2.44. The topological polar surface area (TPSA) is 211 Å². The molecule has 0 aromatic rings. The Hall–Kier alpha value is -2.91. The van der Waals surface area contributed by atoms with Gasteiger partial charge in [0.05, 0.1) is 12.1 Å². The number of nitrogens with zero attached hydrogens (tertiary/aromatic N) is 2. The molecule has 0 aromatic carbocycles. The number of carbonyl (C=O) groups is 6. The lowest BCUT2D eigenvalue weighted by molar-refractivity contribution is -0.149. The second-order valence-electron chi connectivity index (χ2n) is 11.4. The number of likely N-dealkylation sites (tertiary alicyclic amines) is 2. The smallest absolute Gasteiger partial charge is 0.326 e. The molecule has 0 bridgehead atoms. The Morgan fingerprint density at radius 3 is 2.07 bits per heavy atom. The van der Waals surface area contributed by atoms with Crippen molar-refractivity contribution < 1.29 is 39.0 Å². The highest BCUT2D eigenvalue weighted by Crippen LogP contribution is 2.26. The highest BCUT2D eigenvalue weighted by molar-refractivity contribution is 7.98. The van der Waals surface area contributed by atoms with Crippen molar-refractivity contribution >= 4 is 47.3 Å². The Balaban J connectivity index is 2.07. The number of thioether (sulfide) groups is 1. The summed E-state index contributed by atoms with van der Waals surface area (Å²) < 4.78 is 0. The van der Waals surface area contributed by atoms with Gasteiger partial charge in [0, 0.05) is 13.1 Å². The summed E-state index contributed by atoms with van der Waals surface area (Å²) in [4.78, 5) is 80.1. The third kappa shape index (κ3) is 9.54. The van der Waals surface area contributed by atoms with Gasteiger partial charge >= 0.3 is 5.97 Å². The van der Waals surface area contributed by atoms with Gasteiger partial charge in [-0.2, -0.15) is 11.8 Å². The molecule has 2 rings (SSSR count). The van der Waals surface area contributed by atoms with Crippen LogP contribution in [0.2, 0.25) is 0 Å². The van der Waals surface area contributed by atoms with Crippen LogP contribution in [0.3, 0.4) is 0 Å². The second kappa shape index (κ2) is 16.8. The van der Waals surface area contributed by atoms with Crippen LogP contribution in [0.1, 0.15) is 66.2 Å². The largest absolute Gasteiger partial charge is 0.480 e. The third-order valence-corrected chi connectivity index (χ3v) is 8.84. The predicted octanol–water partition coefficient (Wildman–Crippen LogP) is -0.965. The number of carboxylic acids is 1. The van der Waals surface area contributed by atoms with E-state index in [-0.39, 0.29) is 12.5 Å². The standard InChI is InChI=1S/C28H48N6O8S/c1-6-15(2)21(28(41)42)31-24(37)19-9-7-12-33(19)27(40)20-10-8-13-34(20)26(39)16(3)30-25(38)22(17(4)35)32-23(36)18(29)11-14-43-5/h15-22,35H,6-14,29H2,1-5H3,(H,30,38)(H,31,37)(H,32,36)(H,41,42)/t15-,16-,17+,18-,19-,20-,21-,22-/m0/s1. The molecule has 0 radical (unpaired) electrons. The van der Waals surface area contributed by atoms with E-state index in [9.17, 15) is 39.0 Å². The summed E-state index contributed by atoms with van der Waals surface area (Å²) in [6, 6.07) is -6.04. The van der Waals surface area contributed by atoms with Gasteiger partial charge in [-0.05, 0) is 63.9 Å². The van der Waals surface area contributed by atoms with Crippen LogP contribution in [-0.2, 0) is 28.8 Å². The molecule has 5 amide bonds. The molecule has 2 aliphatic rings. The van der Waals surface area contributed by atoms with Crippen LogP contribution >= 0.6 is 11.8 Å². The van der Waals surface area contributed by atoms with Gasteiger partial charge in [-0.3, -0.25) is 24.0 Å². The zero-order valence-electron chi connectivity index (χ0n) is 25.7. The van der Waals surface area contributed by atoms with Gasteiger partial charge < -0.3 is 41.7 Å². The van der Waals surface area contributed by atoms with E-state index in [1.807, 2.05) is 13.2 Å². The predicted molar refractivity (Wildman–Crippen MR) is 161 cm³/mol. The van der Waals surface area contributed by atoms with Crippen LogP contribution < -0.4 is 21.7 Å². The number of carboxylic acid groups (broad SMARTS) is 1. The molecule has 2 saturated heterocycles. The molecule has 0 saturated carbocycles. The van der Waals surface area contributed by atoms with Crippen LogP contribution in [0.15, 0.2) is 0 Å². The number of rotatable bonds is 15. The zero-order chi connectivity index (χ0) is 32.4. The molecule has 2 aliphatic heterocycles. The summed E-state index contributed by atoms with van der Waals surface area (Å²) in [5.74, 6) is -3.61. The van der Waals surface area contributed by atoms with E-state index in [4.69, 9.17) is 5.73 Å². The SMILES string of the molecule is CC[C@H](C)[C@H](NC(=O)[C@@H]1CCCN1C(=O)[C@@H]1CCCN1C(=O)[C@H](C)NC(=O)[C@@H](NC(=O)[C@@H](N)CCSC)[C@@H](C)O)C(=O)O. The monoisotopic (exact) mass is 628 g/mol. The molecule has 0 unspecified atom stereocenters. The quantitative estimate of drug-likeness (QED) is 0.131. The molecule has 2 heterocycles. The summed E-state index contributed by atoms with van der Waals surface area (Å²) in [5, 5.41) is 27.3. The average Bonchev–Trinajstić information content (AvgIpc) is 3.66. The Labute approximate surface area is 257 Å². The van der Waals surface area contributed by atoms with Crippen molar-refractivity contribution in [3.8, 4) is 0 Å². The van der Waals surface area contributed by atoms with Crippen LogP contribution in [-0.4, -0.2) is 123 Å². The summed E-state index contributed by atoms with van der Waals surface area (Å²) in [6.07, 6.45) is 3.41. The Morgan fingerprint density at radius 2 is 1.51 bits per heavy atom. The molecule has 15 heteroatoms. The summed E-state index contributed by atoms with van der Waals surface area (Å²) in [6.45, 7) is 6.94. The molecule has 2 fully saturated rings. The number of aliphatic carboxylic acids is 1. The van der Waals surface area contributed by atoms with Gasteiger partial charge in [0.2, 0.25) is 29.5 Å². The Kier molecular flexibility index (Phi) is 14.2. The fourth-order valence-corrected chi connectivity index (χ4v) is 5.86. The van der Waals surface area contributed by atoms with E-state index < -0.39 is 77.9 Å². The number of hydrogen-bond donors (Lipinski definition) is 6. The van der Waals surface area contributed by atoms with E-state index in [1.54, 1.807) is 6.92 Å². The molecule has 0 aromatic heterocycles. The maximum absolute atomic E-state index is 13.6. The highest BCUT2D eigenvalue weighted by atomic mass is 32.2. The molecule has 244 valence electrons. The first-order valence-electron chi connectivity index (χ1n) is 14.9. The molecular weight excluding hydrogens is 580 g/mol. The van der Waals surface area contributed by atoms with Gasteiger partial charge in [0.1, 0.15) is 30.2 Å². The number of amides is 5. The second-order valence-corrected chi connectivity index (χ2v) is 12.4. The van der Waals surface area contributed by atoms with Gasteiger partial charge in [-0.25, -0.2) is 4.79 Å². The van der Waals surface area contributed by atoms with Crippen LogP contribution in [0.25, 0.3) is 0 Å². The molecule has 0 spiro atoms. The molecular formula is C28H48N6O8S. The lowest BCUT2D eigenvalue weighted by Gasteiger charge is -2.33. The average molecular weight is 629 g/mol. The maximum Gasteiger partial charge on any atom is 0.326 e. The van der Waals surface area contributed by atoms with Crippen LogP contribution in [0.5, 0.6) is 0 Å². The number of nitrogens with one attached hydrogen (secondary N) is 3. The zero-order valence-corrected chi connectivity index (χ0v) is 26.5. The van der Waals surface area contributed by atoms with Crippen LogP contribution in [0, 0.1) is 5.92 Å². The third-order valence-electron chi connectivity index (χ3n) is 8.20. The van der Waals surface area contributed by atoms with Crippen molar-refractivity contribution in [1.29, 1.82) is 0 Å². The van der Waals surface area contributed by atoms with Crippen molar-refractivity contribution in [3.05, 3.63) is 0 Å². The number of nitrogens with two attached hydrogens (primary N) is 1. The minimum atomic E-state index is -1.34. The van der Waals surface area contributed by atoms with E-state index in [0.29, 0.717) is 50.8 Å². The Morgan fingerprint density at radius 1 is 0.907 bits per heavy atom. The summed E-state index contributed by atoms with van der Waals surface area (Å²) in [7, 11) is 0. The van der Waals surface area contributed by atoms with Gasteiger partial charge in [-0.15, -0.1) is 0 Å². The molecule has 7 N–H and O–H groups in total. The first-order chi connectivity index (χ1) is 20.2. The lowest BCUT2D eigenvalue weighted by atomic mass is 9.98. The van der Waals surface area contributed by atoms with E-state index in [0.717, 1.165) is 0 Å². The van der Waals surface area contributed by atoms with Crippen LogP contribution in [0.4, 0.5) is 0 Å². The molecule has 43 heavy (non-hydrogen) atoms. The van der Waals surface area contributed by atoms with E-state index in [1.165, 1.54) is 35.4 Å². The first-order valence-corrected chi connectivity index (χ1v) is 16.3. The maximum atomic E-state index is 13.6. The van der Waals surface area contributed by atoms with Gasteiger partial charge in [0.15, 0.2) is 0 Å². The van der Waals surface area contributed by atoms with E-state index in [2.05, 4.69) is 16.0 Å². The first kappa shape index (κ1) is 36.3. The van der Waals surface area contributed by atoms with Crippen molar-refractivity contribution in [2.24, 2.45) is 11.7 Å². The summed E-state index contributed by atoms with van der Waals surface area (Å²) >= 11 is 1.52. The number of carbonyl (C=O) groups excluding carboxylic acids is 5. The minimum absolute atomic E-state index is 0.274. The van der Waals surface area contributed by atoms with Crippen molar-refractivity contribution in [1.82, 2.24) is 25.8 Å². The number of hydrogen-bond acceptors (Lipinski definition) is 9. The minimum Gasteiger partial charge on any atom is -0.480 e. The van der Waals surface area contributed by atoms with Gasteiger partial charge in [-0.1, -0.05) is 20.3 Å². The molecule has 8 atom stereocenters. The fraction of sp³-hybridized carbons (Fsp3) is 0.786. The lowest BCUT2D eigenvalue weighted by Crippen LogP contribution is -2.60. The van der Waals surface area contributed by atoms with E-state index >= 15 is 0 Å². The van der Waals surface area contributed by atoms with Crippen molar-refractivity contribution in [3.63, 3.8) is 0 Å². The number of aliphatic hydroxyl groups excluding tert-OH is 1. The summed E-state index contributed by atoms with van der Waals surface area (Å²) in [5.41, 5.74) is 5.88.